The van der Waals surface area contributed by atoms with E-state index in [1.54, 1.807) is 0 Å². The minimum Gasteiger partial charge on any atom is -0.402 e. The van der Waals surface area contributed by atoms with Gasteiger partial charge in [-0.15, -0.1) is 13.2 Å². The Bertz CT molecular complexity index is 955. The fourth-order valence-corrected chi connectivity index (χ4v) is 5.67. The van der Waals surface area contributed by atoms with Crippen LogP contribution in [0, 0.1) is 11.8 Å². The lowest BCUT2D eigenvalue weighted by molar-refractivity contribution is -0.274. The van der Waals surface area contributed by atoms with E-state index in [1.165, 1.54) is 56.7 Å². The Morgan fingerprint density at radius 2 is 1.81 bits per heavy atom. The Labute approximate surface area is 179 Å². The summed E-state index contributed by atoms with van der Waals surface area (Å²) in [4.78, 5) is 6.54. The molecule has 9 heteroatoms. The molecular formula is C22H28F3N5O. The SMILES string of the molecule is CC(C)n1nc(-c2cnc(N)c(OC(F)(F)F)c2)cc1C1C2CC(N3CCCC3)CC21. The van der Waals surface area contributed by atoms with Crippen LogP contribution < -0.4 is 10.5 Å². The number of ether oxygens (including phenoxy) is 1. The average Bonchev–Trinajstić information content (AvgIpc) is 3.21. The molecule has 2 aliphatic carbocycles. The van der Waals surface area contributed by atoms with Crippen molar-refractivity contribution in [3.8, 4) is 17.0 Å². The number of hydrogen-bond donors (Lipinski definition) is 1. The van der Waals surface area contributed by atoms with Crippen molar-refractivity contribution >= 4 is 5.82 Å². The van der Waals surface area contributed by atoms with E-state index in [0.29, 0.717) is 35.1 Å². The number of rotatable bonds is 5. The van der Waals surface area contributed by atoms with Crippen LogP contribution in [0.3, 0.4) is 0 Å². The molecule has 2 aromatic heterocycles. The number of nitrogens with two attached hydrogens (primary N) is 1. The number of halogens is 3. The minimum absolute atomic E-state index is 0.159. The number of pyridine rings is 1. The zero-order valence-corrected chi connectivity index (χ0v) is 17.8. The van der Waals surface area contributed by atoms with E-state index in [2.05, 4.69) is 28.5 Å². The average molecular weight is 435 g/mol. The molecule has 3 aliphatic rings. The molecule has 0 bridgehead atoms. The third kappa shape index (κ3) is 3.88. The molecule has 6 nitrogen and oxygen atoms in total. The highest BCUT2D eigenvalue weighted by Gasteiger charge is 2.58. The molecule has 1 saturated heterocycles. The van der Waals surface area contributed by atoms with Crippen molar-refractivity contribution in [2.45, 2.75) is 63.9 Å². The summed E-state index contributed by atoms with van der Waals surface area (Å²) in [6.07, 6.45) is 1.73. The van der Waals surface area contributed by atoms with Crippen LogP contribution in [0.5, 0.6) is 5.75 Å². The molecule has 2 aromatic rings. The maximum atomic E-state index is 12.7. The second-order valence-electron chi connectivity index (χ2n) is 9.37. The van der Waals surface area contributed by atoms with Gasteiger partial charge in [-0.2, -0.15) is 5.10 Å². The van der Waals surface area contributed by atoms with Gasteiger partial charge in [0.1, 0.15) is 0 Å². The molecule has 2 saturated carbocycles. The summed E-state index contributed by atoms with van der Waals surface area (Å²) in [5, 5.41) is 4.72. The zero-order valence-electron chi connectivity index (χ0n) is 17.8. The van der Waals surface area contributed by atoms with Gasteiger partial charge in [0.25, 0.3) is 0 Å². The van der Waals surface area contributed by atoms with Crippen LogP contribution in [0.4, 0.5) is 19.0 Å². The molecule has 2 N–H and O–H groups in total. The van der Waals surface area contributed by atoms with E-state index in [4.69, 9.17) is 10.8 Å². The maximum Gasteiger partial charge on any atom is 0.573 e. The van der Waals surface area contributed by atoms with Gasteiger partial charge in [-0.1, -0.05) is 0 Å². The van der Waals surface area contributed by atoms with Crippen LogP contribution in [0.25, 0.3) is 11.3 Å². The van der Waals surface area contributed by atoms with Crippen molar-refractivity contribution in [2.75, 3.05) is 18.8 Å². The van der Waals surface area contributed by atoms with E-state index < -0.39 is 12.1 Å². The highest BCUT2D eigenvalue weighted by Crippen LogP contribution is 2.64. The van der Waals surface area contributed by atoms with Crippen LogP contribution in [0.2, 0.25) is 0 Å². The van der Waals surface area contributed by atoms with E-state index >= 15 is 0 Å². The predicted octanol–water partition coefficient (Wildman–Crippen LogP) is 4.59. The third-order valence-corrected chi connectivity index (χ3v) is 7.08. The van der Waals surface area contributed by atoms with Gasteiger partial charge >= 0.3 is 6.36 Å². The first-order valence-corrected chi connectivity index (χ1v) is 11.1. The van der Waals surface area contributed by atoms with Crippen LogP contribution in [-0.2, 0) is 0 Å². The van der Waals surface area contributed by atoms with E-state index in [-0.39, 0.29) is 11.9 Å². The topological polar surface area (TPSA) is 69.2 Å². The fraction of sp³-hybridized carbons (Fsp3) is 0.636. The summed E-state index contributed by atoms with van der Waals surface area (Å²) in [5.74, 6) is 1.05. The zero-order chi connectivity index (χ0) is 21.9. The quantitative estimate of drug-likeness (QED) is 0.744. The normalized spacial score (nSPS) is 28.3. The lowest BCUT2D eigenvalue weighted by Crippen LogP contribution is -2.31. The number of alkyl halides is 3. The molecule has 0 aromatic carbocycles. The van der Waals surface area contributed by atoms with Crippen molar-refractivity contribution in [1.82, 2.24) is 19.7 Å². The third-order valence-electron chi connectivity index (χ3n) is 7.08. The Morgan fingerprint density at radius 1 is 1.13 bits per heavy atom. The van der Waals surface area contributed by atoms with Crippen molar-refractivity contribution in [3.63, 3.8) is 0 Å². The molecule has 31 heavy (non-hydrogen) atoms. The van der Waals surface area contributed by atoms with Crippen molar-refractivity contribution in [2.24, 2.45) is 11.8 Å². The monoisotopic (exact) mass is 435 g/mol. The number of fused-ring (bicyclic) bond motifs is 1. The summed E-state index contributed by atoms with van der Waals surface area (Å²) < 4.78 is 44.1. The van der Waals surface area contributed by atoms with Gasteiger partial charge in [0, 0.05) is 35.5 Å². The Kier molecular flexibility index (Phi) is 4.91. The molecule has 1 aliphatic heterocycles. The van der Waals surface area contributed by atoms with Gasteiger partial charge in [0.15, 0.2) is 11.6 Å². The maximum absolute atomic E-state index is 12.7. The number of anilines is 1. The first kappa shape index (κ1) is 20.6. The predicted molar refractivity (Wildman–Crippen MR) is 110 cm³/mol. The summed E-state index contributed by atoms with van der Waals surface area (Å²) in [6, 6.07) is 4.15. The van der Waals surface area contributed by atoms with Gasteiger partial charge in [0.2, 0.25) is 0 Å². The smallest absolute Gasteiger partial charge is 0.402 e. The number of likely N-dealkylation sites (tertiary alicyclic amines) is 1. The van der Waals surface area contributed by atoms with E-state index in [9.17, 15) is 13.2 Å². The molecule has 0 amide bonds. The lowest BCUT2D eigenvalue weighted by Gasteiger charge is -2.25. The first-order valence-electron chi connectivity index (χ1n) is 11.1. The van der Waals surface area contributed by atoms with Gasteiger partial charge in [-0.25, -0.2) is 4.98 Å². The highest BCUT2D eigenvalue weighted by atomic mass is 19.4. The van der Waals surface area contributed by atoms with Gasteiger partial charge < -0.3 is 15.4 Å². The van der Waals surface area contributed by atoms with Crippen LogP contribution in [0.15, 0.2) is 18.3 Å². The molecule has 168 valence electrons. The Morgan fingerprint density at radius 3 is 2.42 bits per heavy atom. The minimum atomic E-state index is -4.83. The summed E-state index contributed by atoms with van der Waals surface area (Å²) >= 11 is 0. The largest absolute Gasteiger partial charge is 0.573 e. The second kappa shape index (κ2) is 7.39. The molecule has 3 fully saturated rings. The number of nitrogens with zero attached hydrogens (tertiary/aromatic N) is 4. The summed E-state index contributed by atoms with van der Waals surface area (Å²) in [7, 11) is 0. The first-order chi connectivity index (χ1) is 14.7. The Balaban J connectivity index is 1.38. The number of hydrogen-bond acceptors (Lipinski definition) is 5. The van der Waals surface area contributed by atoms with Crippen molar-refractivity contribution in [1.29, 1.82) is 0 Å². The molecule has 3 heterocycles. The van der Waals surface area contributed by atoms with Gasteiger partial charge in [0.05, 0.1) is 5.69 Å². The van der Waals surface area contributed by atoms with E-state index in [1.807, 2.05) is 10.7 Å². The highest BCUT2D eigenvalue weighted by molar-refractivity contribution is 5.64. The lowest BCUT2D eigenvalue weighted by atomic mass is 10.0. The molecule has 2 atom stereocenters. The number of aromatic nitrogens is 3. The second-order valence-corrected chi connectivity index (χ2v) is 9.37. The van der Waals surface area contributed by atoms with Crippen molar-refractivity contribution < 1.29 is 17.9 Å². The van der Waals surface area contributed by atoms with Gasteiger partial charge in [-0.3, -0.25) is 4.68 Å². The molecule has 5 rings (SSSR count). The molecule has 0 spiro atoms. The fourth-order valence-electron chi connectivity index (χ4n) is 5.67. The van der Waals surface area contributed by atoms with Crippen LogP contribution in [-0.4, -0.2) is 45.2 Å². The van der Waals surface area contributed by atoms with Crippen LogP contribution in [0.1, 0.15) is 57.2 Å². The van der Waals surface area contributed by atoms with E-state index in [0.717, 1.165) is 0 Å². The molecule has 0 radical (unpaired) electrons. The molecular weight excluding hydrogens is 407 g/mol. The summed E-state index contributed by atoms with van der Waals surface area (Å²) in [5.41, 5.74) is 7.82. The van der Waals surface area contributed by atoms with Crippen molar-refractivity contribution in [3.05, 3.63) is 24.0 Å². The Hall–Kier alpha value is -2.29. The standard InChI is InChI=1S/C22H28F3N5O/c1-12(2)30-18(20-15-8-14(9-16(15)20)29-5-3-4-6-29)10-17(28-30)13-7-19(21(26)27-11-13)31-22(23,24)25/h7,10-12,14-16,20H,3-6,8-9H2,1-2H3,(H2,26,27). The van der Waals surface area contributed by atoms with Gasteiger partial charge in [-0.05, 0) is 76.6 Å². The van der Waals surface area contributed by atoms with Crippen LogP contribution >= 0.6 is 0 Å². The molecule has 2 unspecified atom stereocenters. The number of nitrogen functional groups attached to an aromatic ring is 1. The summed E-state index contributed by atoms with van der Waals surface area (Å²) in [6.45, 7) is 6.61.